The van der Waals surface area contributed by atoms with Gasteiger partial charge in [-0.3, -0.25) is 0 Å². The molecule has 0 aromatic heterocycles. The molecule has 2 bridgehead atoms. The number of hydrogen-bond acceptors (Lipinski definition) is 2. The van der Waals surface area contributed by atoms with E-state index in [-0.39, 0.29) is 0 Å². The lowest BCUT2D eigenvalue weighted by atomic mass is 9.82. The van der Waals surface area contributed by atoms with Crippen LogP contribution in [0.4, 0.5) is 0 Å². The number of hydrogen-bond donors (Lipinski definition) is 1. The summed E-state index contributed by atoms with van der Waals surface area (Å²) in [5.41, 5.74) is 3.10. The third kappa shape index (κ3) is 2.56. The first-order chi connectivity index (χ1) is 9.78. The number of rotatable bonds is 2. The van der Waals surface area contributed by atoms with E-state index >= 15 is 0 Å². The number of piperidine rings is 3. The molecule has 1 N–H and O–H groups in total. The van der Waals surface area contributed by atoms with Crippen LogP contribution in [0.25, 0.3) is 0 Å². The molecule has 3 aliphatic heterocycles. The Morgan fingerprint density at radius 2 is 1.95 bits per heavy atom. The van der Waals surface area contributed by atoms with Crippen molar-refractivity contribution < 1.29 is 0 Å². The van der Waals surface area contributed by atoms with E-state index in [9.17, 15) is 0 Å². The van der Waals surface area contributed by atoms with Crippen molar-refractivity contribution in [2.45, 2.75) is 44.2 Å². The molecule has 20 heavy (non-hydrogen) atoms. The van der Waals surface area contributed by atoms with Crippen LogP contribution in [0, 0.1) is 5.92 Å². The summed E-state index contributed by atoms with van der Waals surface area (Å²) in [4.78, 5) is 2.64. The van der Waals surface area contributed by atoms with Crippen LogP contribution in [0.2, 0.25) is 0 Å². The molecule has 1 aliphatic carbocycles. The summed E-state index contributed by atoms with van der Waals surface area (Å²) in [6.07, 6.45) is 6.56. The molecule has 2 atom stereocenters. The predicted molar refractivity (Wildman–Crippen MR) is 86.0 cm³/mol. The molecule has 108 valence electrons. The summed E-state index contributed by atoms with van der Waals surface area (Å²) in [6, 6.07) is 8.24. The topological polar surface area (TPSA) is 15.3 Å². The molecule has 1 aromatic rings. The number of fused-ring (bicyclic) bond motifs is 4. The van der Waals surface area contributed by atoms with E-state index in [1.54, 1.807) is 11.1 Å². The zero-order valence-corrected chi connectivity index (χ0v) is 13.5. The Balaban J connectivity index is 1.42. The maximum atomic E-state index is 3.99. The van der Waals surface area contributed by atoms with Gasteiger partial charge in [0.2, 0.25) is 0 Å². The number of benzene rings is 1. The van der Waals surface area contributed by atoms with E-state index in [1.807, 2.05) is 0 Å². The SMILES string of the molecule is Brc1ccc2c(c1)CCC(NC1CN3CCC1CC3)C2. The monoisotopic (exact) mass is 334 g/mol. The fraction of sp³-hybridized carbons (Fsp3) is 0.647. The Morgan fingerprint density at radius 1 is 1.10 bits per heavy atom. The predicted octanol–water partition coefficient (Wildman–Crippen LogP) is 2.99. The van der Waals surface area contributed by atoms with Crippen molar-refractivity contribution in [3.8, 4) is 0 Å². The fourth-order valence-corrected chi connectivity index (χ4v) is 4.73. The Labute approximate surface area is 130 Å². The highest BCUT2D eigenvalue weighted by molar-refractivity contribution is 9.10. The number of nitrogens with one attached hydrogen (secondary N) is 1. The van der Waals surface area contributed by atoms with Gasteiger partial charge in [0, 0.05) is 23.1 Å². The molecular formula is C17H23BrN2. The minimum absolute atomic E-state index is 0.689. The summed E-state index contributed by atoms with van der Waals surface area (Å²) in [5, 5.41) is 3.99. The molecule has 0 saturated carbocycles. The van der Waals surface area contributed by atoms with Gasteiger partial charge in [0.1, 0.15) is 0 Å². The van der Waals surface area contributed by atoms with Crippen LogP contribution in [0.3, 0.4) is 0 Å². The van der Waals surface area contributed by atoms with Crippen LogP contribution in [0.15, 0.2) is 22.7 Å². The molecule has 4 aliphatic rings. The first-order valence-corrected chi connectivity index (χ1v) is 8.83. The maximum absolute atomic E-state index is 3.99. The van der Waals surface area contributed by atoms with Crippen LogP contribution in [0.5, 0.6) is 0 Å². The lowest BCUT2D eigenvalue weighted by Gasteiger charge is -2.46. The lowest BCUT2D eigenvalue weighted by Crippen LogP contribution is -2.58. The van der Waals surface area contributed by atoms with Gasteiger partial charge in [-0.25, -0.2) is 0 Å². The van der Waals surface area contributed by atoms with Gasteiger partial charge in [-0.05, 0) is 74.4 Å². The summed E-state index contributed by atoms with van der Waals surface area (Å²) < 4.78 is 1.22. The van der Waals surface area contributed by atoms with E-state index in [0.717, 1.165) is 12.0 Å². The molecule has 3 heteroatoms. The Hall–Kier alpha value is -0.380. The highest BCUT2D eigenvalue weighted by Gasteiger charge is 2.35. The maximum Gasteiger partial charge on any atom is 0.0226 e. The van der Waals surface area contributed by atoms with E-state index < -0.39 is 0 Å². The minimum atomic E-state index is 0.689. The van der Waals surface area contributed by atoms with Crippen molar-refractivity contribution in [1.29, 1.82) is 0 Å². The molecule has 3 saturated heterocycles. The zero-order chi connectivity index (χ0) is 13.5. The second-order valence-corrected chi connectivity index (χ2v) is 7.68. The van der Waals surface area contributed by atoms with E-state index in [2.05, 4.69) is 44.3 Å². The van der Waals surface area contributed by atoms with Crippen molar-refractivity contribution >= 4 is 15.9 Å². The zero-order valence-electron chi connectivity index (χ0n) is 11.9. The van der Waals surface area contributed by atoms with Crippen molar-refractivity contribution in [2.24, 2.45) is 5.92 Å². The van der Waals surface area contributed by atoms with Gasteiger partial charge in [0.05, 0.1) is 0 Å². The molecule has 1 aromatic carbocycles. The molecule has 0 amide bonds. The van der Waals surface area contributed by atoms with Crippen molar-refractivity contribution in [3.05, 3.63) is 33.8 Å². The first-order valence-electron chi connectivity index (χ1n) is 8.03. The van der Waals surface area contributed by atoms with Crippen molar-refractivity contribution in [3.63, 3.8) is 0 Å². The number of aryl methyl sites for hydroxylation is 1. The normalized spacial score (nSPS) is 35.9. The molecule has 2 unspecified atom stereocenters. The van der Waals surface area contributed by atoms with E-state index in [4.69, 9.17) is 0 Å². The molecule has 2 nitrogen and oxygen atoms in total. The van der Waals surface area contributed by atoms with Crippen LogP contribution >= 0.6 is 15.9 Å². The third-order valence-electron chi connectivity index (χ3n) is 5.50. The fourth-order valence-electron chi connectivity index (χ4n) is 4.32. The summed E-state index contributed by atoms with van der Waals surface area (Å²) >= 11 is 3.59. The van der Waals surface area contributed by atoms with Gasteiger partial charge >= 0.3 is 0 Å². The van der Waals surface area contributed by atoms with Crippen LogP contribution in [0.1, 0.15) is 30.4 Å². The highest BCUT2D eigenvalue weighted by Crippen LogP contribution is 2.30. The average Bonchev–Trinajstić information content (AvgIpc) is 2.49. The molecule has 3 heterocycles. The van der Waals surface area contributed by atoms with Gasteiger partial charge < -0.3 is 10.2 Å². The smallest absolute Gasteiger partial charge is 0.0226 e. The molecule has 5 rings (SSSR count). The van der Waals surface area contributed by atoms with Gasteiger partial charge in [0.25, 0.3) is 0 Å². The molecule has 0 radical (unpaired) electrons. The average molecular weight is 335 g/mol. The quantitative estimate of drug-likeness (QED) is 0.894. The number of nitrogens with zero attached hydrogens (tertiary/aromatic N) is 1. The Bertz CT molecular complexity index is 494. The molecular weight excluding hydrogens is 312 g/mol. The van der Waals surface area contributed by atoms with Gasteiger partial charge in [0.15, 0.2) is 0 Å². The lowest BCUT2D eigenvalue weighted by molar-refractivity contribution is 0.0660. The summed E-state index contributed by atoms with van der Waals surface area (Å²) in [5.74, 6) is 0.936. The second-order valence-electron chi connectivity index (χ2n) is 6.76. The van der Waals surface area contributed by atoms with Gasteiger partial charge in [-0.15, -0.1) is 0 Å². The van der Waals surface area contributed by atoms with Gasteiger partial charge in [-0.2, -0.15) is 0 Å². The molecule has 3 fully saturated rings. The summed E-state index contributed by atoms with van der Waals surface area (Å²) in [7, 11) is 0. The van der Waals surface area contributed by atoms with Crippen molar-refractivity contribution in [2.75, 3.05) is 19.6 Å². The highest BCUT2D eigenvalue weighted by atomic mass is 79.9. The first kappa shape index (κ1) is 13.3. The van der Waals surface area contributed by atoms with Crippen LogP contribution in [-0.4, -0.2) is 36.6 Å². The second kappa shape index (κ2) is 5.43. The standard InChI is InChI=1S/C17H23BrN2/c18-15-3-1-14-10-16(4-2-13(14)9-15)19-17-11-20-7-5-12(17)6-8-20/h1,3,9,12,16-17,19H,2,4-8,10-11H2. The van der Waals surface area contributed by atoms with E-state index in [1.165, 1.54) is 56.2 Å². The van der Waals surface area contributed by atoms with Gasteiger partial charge in [-0.1, -0.05) is 22.0 Å². The van der Waals surface area contributed by atoms with Crippen molar-refractivity contribution in [1.82, 2.24) is 10.2 Å². The third-order valence-corrected chi connectivity index (χ3v) is 6.00. The van der Waals surface area contributed by atoms with Crippen LogP contribution < -0.4 is 5.32 Å². The number of halogens is 1. The minimum Gasteiger partial charge on any atom is -0.309 e. The Morgan fingerprint density at radius 3 is 2.70 bits per heavy atom. The van der Waals surface area contributed by atoms with E-state index in [0.29, 0.717) is 6.04 Å². The molecule has 0 spiro atoms. The largest absolute Gasteiger partial charge is 0.309 e. The van der Waals surface area contributed by atoms with Crippen LogP contribution in [-0.2, 0) is 12.8 Å². The Kier molecular flexibility index (Phi) is 3.61. The summed E-state index contributed by atoms with van der Waals surface area (Å²) in [6.45, 7) is 3.96.